The molecule has 8 heteroatoms. The van der Waals surface area contributed by atoms with E-state index >= 15 is 0 Å². The highest BCUT2D eigenvalue weighted by Crippen LogP contribution is 2.32. The number of anilines is 2. The highest BCUT2D eigenvalue weighted by Gasteiger charge is 2.40. The van der Waals surface area contributed by atoms with Crippen LogP contribution in [0.1, 0.15) is 28.9 Å². The summed E-state index contributed by atoms with van der Waals surface area (Å²) in [6, 6.07) is 11.4. The van der Waals surface area contributed by atoms with E-state index in [4.69, 9.17) is 4.74 Å². The number of halogens is 3. The lowest BCUT2D eigenvalue weighted by molar-refractivity contribution is -0.0884. The Labute approximate surface area is 167 Å². The summed E-state index contributed by atoms with van der Waals surface area (Å²) >= 11 is 0. The normalized spacial score (nSPS) is 15.7. The maximum atomic E-state index is 13.1. The van der Waals surface area contributed by atoms with Crippen molar-refractivity contribution >= 4 is 17.2 Å². The Kier molecular flexibility index (Phi) is 6.32. The molecule has 5 nitrogen and oxygen atoms in total. The zero-order valence-electron chi connectivity index (χ0n) is 16.3. The summed E-state index contributed by atoms with van der Waals surface area (Å²) in [5.74, 6) is -1.21. The number of alkyl halides is 3. The number of nitrogens with one attached hydrogen (secondary N) is 2. The molecule has 1 heterocycles. The van der Waals surface area contributed by atoms with Gasteiger partial charge in [-0.2, -0.15) is 13.2 Å². The fourth-order valence-electron chi connectivity index (χ4n) is 3.35. The summed E-state index contributed by atoms with van der Waals surface area (Å²) < 4.78 is 44.6. The molecule has 0 spiro atoms. The molecule has 0 radical (unpaired) electrons. The predicted molar refractivity (Wildman–Crippen MR) is 107 cm³/mol. The van der Waals surface area contributed by atoms with E-state index in [0.29, 0.717) is 5.75 Å². The Bertz CT molecular complexity index is 864. The SMILES string of the molecule is COc1cccc(C(C)Nc2cc(N3CCNCC3)ccc2C(=O)C(F)(F)F)c1. The molecule has 1 saturated heterocycles. The number of hydrogen-bond acceptors (Lipinski definition) is 5. The lowest BCUT2D eigenvalue weighted by Gasteiger charge is -2.30. The van der Waals surface area contributed by atoms with Gasteiger partial charge in [0.05, 0.1) is 12.7 Å². The van der Waals surface area contributed by atoms with Crippen LogP contribution < -0.4 is 20.3 Å². The van der Waals surface area contributed by atoms with Gasteiger partial charge in [0, 0.05) is 43.6 Å². The zero-order chi connectivity index (χ0) is 21.0. The van der Waals surface area contributed by atoms with Crippen molar-refractivity contribution in [3.05, 3.63) is 53.6 Å². The molecule has 0 bridgehead atoms. The van der Waals surface area contributed by atoms with Crippen LogP contribution in [0.25, 0.3) is 0 Å². The van der Waals surface area contributed by atoms with Crippen LogP contribution in [0.5, 0.6) is 5.75 Å². The Morgan fingerprint density at radius 3 is 2.55 bits per heavy atom. The first-order valence-electron chi connectivity index (χ1n) is 9.41. The number of carbonyl (C=O) groups is 1. The second-order valence-corrected chi connectivity index (χ2v) is 6.94. The van der Waals surface area contributed by atoms with Crippen LogP contribution in [-0.2, 0) is 0 Å². The monoisotopic (exact) mass is 407 g/mol. The van der Waals surface area contributed by atoms with Gasteiger partial charge in [-0.05, 0) is 42.8 Å². The fraction of sp³-hybridized carbons (Fsp3) is 0.381. The Morgan fingerprint density at radius 1 is 1.17 bits per heavy atom. The van der Waals surface area contributed by atoms with Crippen LogP contribution in [0.15, 0.2) is 42.5 Å². The van der Waals surface area contributed by atoms with Crippen molar-refractivity contribution in [2.24, 2.45) is 0 Å². The number of ketones is 1. The van der Waals surface area contributed by atoms with Crippen LogP contribution in [0.3, 0.4) is 0 Å². The lowest BCUT2D eigenvalue weighted by atomic mass is 10.0. The highest BCUT2D eigenvalue weighted by atomic mass is 19.4. The van der Waals surface area contributed by atoms with Crippen LogP contribution in [0.4, 0.5) is 24.5 Å². The molecule has 1 fully saturated rings. The molecular formula is C21H24F3N3O2. The van der Waals surface area contributed by atoms with Gasteiger partial charge in [-0.25, -0.2) is 0 Å². The number of Topliss-reactive ketones (excluding diaryl/α,β-unsaturated/α-hetero) is 1. The number of ether oxygens (including phenoxy) is 1. The average Bonchev–Trinajstić information content (AvgIpc) is 2.73. The van der Waals surface area contributed by atoms with Crippen LogP contribution in [0, 0.1) is 0 Å². The summed E-state index contributed by atoms with van der Waals surface area (Å²) in [4.78, 5) is 14.1. The van der Waals surface area contributed by atoms with E-state index < -0.39 is 12.0 Å². The van der Waals surface area contributed by atoms with Crippen molar-refractivity contribution in [2.75, 3.05) is 43.5 Å². The van der Waals surface area contributed by atoms with Crippen LogP contribution in [-0.4, -0.2) is 45.2 Å². The molecule has 1 aliphatic heterocycles. The fourth-order valence-corrected chi connectivity index (χ4v) is 3.35. The Morgan fingerprint density at radius 2 is 1.90 bits per heavy atom. The van der Waals surface area contributed by atoms with Crippen molar-refractivity contribution < 1.29 is 22.7 Å². The summed E-state index contributed by atoms with van der Waals surface area (Å²) in [5, 5.41) is 6.33. The number of rotatable bonds is 6. The number of piperazine rings is 1. The summed E-state index contributed by atoms with van der Waals surface area (Å²) in [5.41, 5.74) is 1.40. The van der Waals surface area contributed by atoms with Gasteiger partial charge in [-0.3, -0.25) is 4.79 Å². The molecule has 1 aliphatic rings. The number of methoxy groups -OCH3 is 1. The minimum absolute atomic E-state index is 0.165. The largest absolute Gasteiger partial charge is 0.497 e. The van der Waals surface area contributed by atoms with Crippen molar-refractivity contribution in [1.29, 1.82) is 0 Å². The van der Waals surface area contributed by atoms with E-state index in [-0.39, 0.29) is 17.3 Å². The molecule has 29 heavy (non-hydrogen) atoms. The molecule has 156 valence electrons. The van der Waals surface area contributed by atoms with Gasteiger partial charge in [-0.1, -0.05) is 12.1 Å². The van der Waals surface area contributed by atoms with Crippen molar-refractivity contribution in [3.63, 3.8) is 0 Å². The molecule has 2 aromatic carbocycles. The molecule has 1 atom stereocenters. The van der Waals surface area contributed by atoms with Crippen LogP contribution >= 0.6 is 0 Å². The van der Waals surface area contributed by atoms with Gasteiger partial charge >= 0.3 is 6.18 Å². The predicted octanol–water partition coefficient (Wildman–Crippen LogP) is 4.02. The quantitative estimate of drug-likeness (QED) is 0.709. The summed E-state index contributed by atoms with van der Waals surface area (Å²) in [6.45, 7) is 4.92. The van der Waals surface area contributed by atoms with E-state index in [9.17, 15) is 18.0 Å². The third kappa shape index (κ3) is 5.00. The van der Waals surface area contributed by atoms with E-state index in [1.807, 2.05) is 25.1 Å². The molecule has 2 N–H and O–H groups in total. The summed E-state index contributed by atoms with van der Waals surface area (Å²) in [6.07, 6.45) is -4.94. The first-order chi connectivity index (χ1) is 13.8. The van der Waals surface area contributed by atoms with E-state index in [2.05, 4.69) is 15.5 Å². The number of carbonyl (C=O) groups excluding carboxylic acids is 1. The minimum atomic E-state index is -4.94. The smallest absolute Gasteiger partial charge is 0.454 e. The second-order valence-electron chi connectivity index (χ2n) is 6.94. The van der Waals surface area contributed by atoms with Gasteiger partial charge in [0.15, 0.2) is 0 Å². The summed E-state index contributed by atoms with van der Waals surface area (Å²) in [7, 11) is 1.55. The second kappa shape index (κ2) is 8.73. The first kappa shape index (κ1) is 21.0. The van der Waals surface area contributed by atoms with Gasteiger partial charge in [0.1, 0.15) is 5.75 Å². The van der Waals surface area contributed by atoms with Gasteiger partial charge < -0.3 is 20.3 Å². The molecule has 0 aromatic heterocycles. The molecule has 0 saturated carbocycles. The minimum Gasteiger partial charge on any atom is -0.497 e. The third-order valence-electron chi connectivity index (χ3n) is 4.95. The molecule has 0 aliphatic carbocycles. The molecule has 0 amide bonds. The standard InChI is InChI=1S/C21H24F3N3O2/c1-14(15-4-3-5-17(12-15)29-2)26-19-13-16(27-10-8-25-9-11-27)6-7-18(19)20(28)21(22,23)24/h3-7,12-14,25-26H,8-11H2,1-2H3. The van der Waals surface area contributed by atoms with Gasteiger partial charge in [-0.15, -0.1) is 0 Å². The number of benzene rings is 2. The van der Waals surface area contributed by atoms with E-state index in [1.165, 1.54) is 6.07 Å². The lowest BCUT2D eigenvalue weighted by Crippen LogP contribution is -2.43. The van der Waals surface area contributed by atoms with E-state index in [0.717, 1.165) is 37.4 Å². The number of hydrogen-bond donors (Lipinski definition) is 2. The molecular weight excluding hydrogens is 383 g/mol. The molecule has 3 rings (SSSR count). The zero-order valence-corrected chi connectivity index (χ0v) is 16.3. The average molecular weight is 407 g/mol. The topological polar surface area (TPSA) is 53.6 Å². The van der Waals surface area contributed by atoms with Crippen molar-refractivity contribution in [3.8, 4) is 5.75 Å². The molecule has 2 aromatic rings. The first-order valence-corrected chi connectivity index (χ1v) is 9.41. The van der Waals surface area contributed by atoms with Crippen molar-refractivity contribution in [1.82, 2.24) is 5.32 Å². The van der Waals surface area contributed by atoms with Crippen LogP contribution in [0.2, 0.25) is 0 Å². The maximum Gasteiger partial charge on any atom is 0.454 e. The number of nitrogens with zero attached hydrogens (tertiary/aromatic N) is 1. The van der Waals surface area contributed by atoms with Gasteiger partial charge in [0.2, 0.25) is 0 Å². The maximum absolute atomic E-state index is 13.1. The highest BCUT2D eigenvalue weighted by molar-refractivity contribution is 6.05. The third-order valence-corrected chi connectivity index (χ3v) is 4.95. The van der Waals surface area contributed by atoms with E-state index in [1.54, 1.807) is 25.3 Å². The van der Waals surface area contributed by atoms with Crippen molar-refractivity contribution in [2.45, 2.75) is 19.1 Å². The van der Waals surface area contributed by atoms with Gasteiger partial charge in [0.25, 0.3) is 5.78 Å². The Hall–Kier alpha value is -2.74. The Balaban J connectivity index is 1.94. The molecule has 1 unspecified atom stereocenters.